The van der Waals surface area contributed by atoms with E-state index in [0.717, 1.165) is 77.6 Å². The van der Waals surface area contributed by atoms with E-state index in [1.165, 1.54) is 0 Å². The first-order valence-electron chi connectivity index (χ1n) is 41.0. The molecular formula is C92H126O26. The van der Waals surface area contributed by atoms with Gasteiger partial charge in [-0.25, -0.2) is 0 Å². The van der Waals surface area contributed by atoms with Gasteiger partial charge in [0.2, 0.25) is 0 Å². The van der Waals surface area contributed by atoms with Gasteiger partial charge in [0.05, 0.1) is 304 Å². The molecule has 0 heterocycles. The minimum atomic E-state index is 0.429. The second kappa shape index (κ2) is 69.5. The highest BCUT2D eigenvalue weighted by Gasteiger charge is 2.09. The van der Waals surface area contributed by atoms with Gasteiger partial charge in [-0.15, -0.1) is 0 Å². The summed E-state index contributed by atoms with van der Waals surface area (Å²) in [5, 5.41) is 4.40. The van der Waals surface area contributed by atoms with Crippen LogP contribution in [0.4, 0.5) is 0 Å². The van der Waals surface area contributed by atoms with Gasteiger partial charge in [-0.2, -0.15) is 0 Å². The van der Waals surface area contributed by atoms with Crippen LogP contribution in [-0.4, -0.2) is 331 Å². The van der Waals surface area contributed by atoms with Crippen LogP contribution in [0.5, 0.6) is 11.5 Å². The molecule has 0 fully saturated rings. The monoisotopic (exact) mass is 1650 g/mol. The molecule has 26 heteroatoms. The molecule has 0 aromatic heterocycles. The molecule has 0 aliphatic heterocycles. The topological polar surface area (TPSA) is 240 Å². The highest BCUT2D eigenvalue weighted by Crippen LogP contribution is 2.29. The molecule has 7 rings (SSSR count). The Kier molecular flexibility index (Phi) is 57.7. The highest BCUT2D eigenvalue weighted by molar-refractivity contribution is 6.03. The van der Waals surface area contributed by atoms with E-state index < -0.39 is 0 Å². The number of rotatable bonds is 76. The summed E-state index contributed by atoms with van der Waals surface area (Å²) >= 11 is 0. The Labute approximate surface area is 698 Å². The summed E-state index contributed by atoms with van der Waals surface area (Å²) in [6.45, 7) is 23.9. The molecule has 26 nitrogen and oxygen atoms in total. The maximum absolute atomic E-state index is 5.95. The fourth-order valence-corrected chi connectivity index (χ4v) is 10.9. The highest BCUT2D eigenvalue weighted by atomic mass is 16.6. The molecular weight excluding hydrogens is 1520 g/mol. The number of hydrogen-bond acceptors (Lipinski definition) is 26. The average molecular weight is 1650 g/mol. The van der Waals surface area contributed by atoms with Crippen molar-refractivity contribution in [2.45, 2.75) is 0 Å². The summed E-state index contributed by atoms with van der Waals surface area (Å²) < 4.78 is 144. The molecule has 0 aliphatic rings. The molecule has 0 radical (unpaired) electrons. The summed E-state index contributed by atoms with van der Waals surface area (Å²) in [6.07, 6.45) is 0. The predicted octanol–water partition coefficient (Wildman–Crippen LogP) is 10.5. The SMILES string of the molecule is COCCOCCOCCOCCOCCOCCOCCOCCOCCOCCOCCOCCOc1ccc(-c2ccc(C#Cc3cccc4cc5cccc(C#Cc6ccc(-c7ccc(OCCOCCOCCOCCOCCOCCOCCOCCOCCOCCOCCOCCOC)cc7)cc6)c5cc34)cc2)cc1. The van der Waals surface area contributed by atoms with Gasteiger partial charge in [-0.05, 0) is 117 Å². The van der Waals surface area contributed by atoms with Gasteiger partial charge in [0.15, 0.2) is 0 Å². The molecule has 118 heavy (non-hydrogen) atoms. The van der Waals surface area contributed by atoms with Gasteiger partial charge in [-0.1, -0.05) is 96.5 Å². The zero-order valence-electron chi connectivity index (χ0n) is 69.4. The third kappa shape index (κ3) is 47.7. The fourth-order valence-electron chi connectivity index (χ4n) is 10.9. The Bertz CT molecular complexity index is 3440. The van der Waals surface area contributed by atoms with Crippen LogP contribution in [0.2, 0.25) is 0 Å². The summed E-state index contributed by atoms with van der Waals surface area (Å²) in [4.78, 5) is 0. The average Bonchev–Trinajstić information content (AvgIpc) is 0.776. The van der Waals surface area contributed by atoms with Crippen molar-refractivity contribution >= 4 is 21.5 Å². The van der Waals surface area contributed by atoms with E-state index >= 15 is 0 Å². The van der Waals surface area contributed by atoms with Crippen molar-refractivity contribution in [3.8, 4) is 57.4 Å². The normalized spacial score (nSPS) is 11.4. The number of ether oxygens (including phenoxy) is 26. The van der Waals surface area contributed by atoms with E-state index in [1.54, 1.807) is 14.2 Å². The zero-order valence-corrected chi connectivity index (χ0v) is 69.4. The zero-order chi connectivity index (χ0) is 82.2. The largest absolute Gasteiger partial charge is 0.491 e. The van der Waals surface area contributed by atoms with Gasteiger partial charge < -0.3 is 123 Å². The second-order valence-corrected chi connectivity index (χ2v) is 25.8. The first kappa shape index (κ1) is 97.9. The van der Waals surface area contributed by atoms with Crippen molar-refractivity contribution in [3.05, 3.63) is 168 Å². The molecule has 0 saturated heterocycles. The van der Waals surface area contributed by atoms with Crippen molar-refractivity contribution in [2.24, 2.45) is 0 Å². The van der Waals surface area contributed by atoms with E-state index in [0.29, 0.717) is 317 Å². The first-order chi connectivity index (χ1) is 58.7. The van der Waals surface area contributed by atoms with Crippen LogP contribution in [0.1, 0.15) is 22.3 Å². The molecule has 7 aromatic carbocycles. The Hall–Kier alpha value is -7.18. The van der Waals surface area contributed by atoms with Crippen molar-refractivity contribution in [3.63, 3.8) is 0 Å². The summed E-state index contributed by atoms with van der Waals surface area (Å²) in [6, 6.07) is 49.8. The summed E-state index contributed by atoms with van der Waals surface area (Å²) in [5.41, 5.74) is 8.10. The van der Waals surface area contributed by atoms with E-state index in [1.807, 2.05) is 24.3 Å². The van der Waals surface area contributed by atoms with E-state index in [4.69, 9.17) is 123 Å². The molecule has 7 aromatic rings. The van der Waals surface area contributed by atoms with Crippen LogP contribution in [-0.2, 0) is 114 Å². The molecule has 0 N–H and O–H groups in total. The second-order valence-electron chi connectivity index (χ2n) is 25.8. The van der Waals surface area contributed by atoms with Gasteiger partial charge in [-0.3, -0.25) is 0 Å². The quantitative estimate of drug-likeness (QED) is 0.0196. The lowest BCUT2D eigenvalue weighted by Crippen LogP contribution is -2.15. The maximum Gasteiger partial charge on any atom is 0.119 e. The Morgan fingerprint density at radius 2 is 0.364 bits per heavy atom. The van der Waals surface area contributed by atoms with Crippen LogP contribution in [0, 0.1) is 23.7 Å². The van der Waals surface area contributed by atoms with Crippen LogP contribution in [0.3, 0.4) is 0 Å². The molecule has 0 atom stereocenters. The van der Waals surface area contributed by atoms with Crippen molar-refractivity contribution in [1.29, 1.82) is 0 Å². The van der Waals surface area contributed by atoms with Crippen LogP contribution < -0.4 is 9.47 Å². The van der Waals surface area contributed by atoms with Crippen LogP contribution in [0.25, 0.3) is 43.8 Å². The van der Waals surface area contributed by atoms with E-state index in [9.17, 15) is 0 Å². The number of fused-ring (bicyclic) bond motifs is 2. The first-order valence-corrected chi connectivity index (χ1v) is 41.0. The molecule has 0 saturated carbocycles. The van der Waals surface area contributed by atoms with Crippen LogP contribution in [0.15, 0.2) is 146 Å². The Balaban J connectivity index is 0.639. The Morgan fingerprint density at radius 1 is 0.178 bits per heavy atom. The van der Waals surface area contributed by atoms with Crippen molar-refractivity contribution in [1.82, 2.24) is 0 Å². The third-order valence-electron chi connectivity index (χ3n) is 17.0. The molecule has 0 aliphatic carbocycles. The van der Waals surface area contributed by atoms with E-state index in [2.05, 4.69) is 145 Å². The van der Waals surface area contributed by atoms with Gasteiger partial charge in [0.25, 0.3) is 0 Å². The predicted molar refractivity (Wildman–Crippen MR) is 450 cm³/mol. The third-order valence-corrected chi connectivity index (χ3v) is 17.0. The molecule has 0 amide bonds. The fraction of sp³-hybridized carbons (Fsp3) is 0.543. The molecule has 650 valence electrons. The minimum absolute atomic E-state index is 0.429. The smallest absolute Gasteiger partial charge is 0.119 e. The minimum Gasteiger partial charge on any atom is -0.491 e. The summed E-state index contributed by atoms with van der Waals surface area (Å²) in [7, 11) is 3.29. The van der Waals surface area contributed by atoms with Crippen molar-refractivity contribution < 1.29 is 123 Å². The molecule has 0 bridgehead atoms. The lowest BCUT2D eigenvalue weighted by atomic mass is 9.97. The maximum atomic E-state index is 5.95. The van der Waals surface area contributed by atoms with Gasteiger partial charge in [0, 0.05) is 36.5 Å². The standard InChI is InChI=1S/C92H126O26/c1-93-29-31-95-33-35-97-37-39-99-41-43-101-45-47-103-49-51-105-53-55-107-57-59-109-61-63-111-65-67-113-69-71-115-73-75-117-89-25-21-83(22-26-89)81-15-9-79(10-16-81)13-19-85-5-3-7-87-77-88-8-4-6-86(92(88)78-91(85)87)20-14-80-11-17-82(18-12-80)84-23-27-90(28-24-84)118-76-74-116-72-70-114-68-66-112-64-62-110-60-58-108-56-54-106-52-50-104-48-46-102-44-42-100-40-38-98-36-34-96-32-30-94-2/h3-12,15-18,21-28,77-78H,29-76H2,1-2H3. The van der Waals surface area contributed by atoms with Gasteiger partial charge in [0.1, 0.15) is 24.7 Å². The van der Waals surface area contributed by atoms with Crippen molar-refractivity contribution in [2.75, 3.05) is 331 Å². The number of methoxy groups -OCH3 is 2. The Morgan fingerprint density at radius 3 is 0.568 bits per heavy atom. The lowest BCUT2D eigenvalue weighted by molar-refractivity contribution is -0.0282. The lowest BCUT2D eigenvalue weighted by Gasteiger charge is -2.09. The molecule has 0 unspecified atom stereocenters. The number of benzene rings is 7. The molecule has 0 spiro atoms. The summed E-state index contributed by atoms with van der Waals surface area (Å²) in [5.74, 6) is 15.3. The number of hydrogen-bond donors (Lipinski definition) is 0. The van der Waals surface area contributed by atoms with Crippen LogP contribution >= 0.6 is 0 Å². The van der Waals surface area contributed by atoms with Gasteiger partial charge >= 0.3 is 0 Å². The van der Waals surface area contributed by atoms with E-state index in [-0.39, 0.29) is 0 Å².